The van der Waals surface area contributed by atoms with Gasteiger partial charge < -0.3 is 10.2 Å². The summed E-state index contributed by atoms with van der Waals surface area (Å²) in [6.07, 6.45) is 0. The Morgan fingerprint density at radius 1 is 0.929 bits per heavy atom. The van der Waals surface area contributed by atoms with E-state index in [9.17, 15) is 14.0 Å². The van der Waals surface area contributed by atoms with E-state index >= 15 is 0 Å². The Kier molecular flexibility index (Phi) is 6.41. The molecule has 2 aromatic rings. The molecule has 28 heavy (non-hydrogen) atoms. The minimum atomic E-state index is -0.357. The molecule has 0 spiro atoms. The second kappa shape index (κ2) is 8.97. The van der Waals surface area contributed by atoms with Crippen LogP contribution in [0.1, 0.15) is 31.8 Å². The van der Waals surface area contributed by atoms with Gasteiger partial charge in [-0.25, -0.2) is 4.39 Å². The van der Waals surface area contributed by atoms with Gasteiger partial charge in [-0.1, -0.05) is 6.07 Å². The van der Waals surface area contributed by atoms with Crippen LogP contribution in [0.4, 0.5) is 4.39 Å². The number of aryl methyl sites for hydroxylation is 2. The molecule has 5 nitrogen and oxygen atoms in total. The van der Waals surface area contributed by atoms with Crippen LogP contribution in [0, 0.1) is 19.7 Å². The zero-order valence-electron chi connectivity index (χ0n) is 16.4. The highest BCUT2D eigenvalue weighted by molar-refractivity contribution is 5.95. The van der Waals surface area contributed by atoms with Crippen LogP contribution in [0.2, 0.25) is 0 Å². The van der Waals surface area contributed by atoms with Crippen molar-refractivity contribution in [3.8, 4) is 0 Å². The molecule has 0 unspecified atom stereocenters. The van der Waals surface area contributed by atoms with Gasteiger partial charge in [-0.3, -0.25) is 14.5 Å². The monoisotopic (exact) mass is 383 g/mol. The maximum atomic E-state index is 12.9. The first-order valence-corrected chi connectivity index (χ1v) is 9.56. The van der Waals surface area contributed by atoms with Crippen LogP contribution in [0.15, 0.2) is 42.5 Å². The van der Waals surface area contributed by atoms with E-state index in [-0.39, 0.29) is 17.6 Å². The Hall–Kier alpha value is -2.73. The summed E-state index contributed by atoms with van der Waals surface area (Å²) in [7, 11) is 0. The summed E-state index contributed by atoms with van der Waals surface area (Å²) in [6, 6.07) is 11.3. The lowest BCUT2D eigenvalue weighted by atomic mass is 10.1. The average Bonchev–Trinajstić information content (AvgIpc) is 2.70. The fraction of sp³-hybridized carbons (Fsp3) is 0.364. The molecule has 0 atom stereocenters. The predicted molar refractivity (Wildman–Crippen MR) is 107 cm³/mol. The summed E-state index contributed by atoms with van der Waals surface area (Å²) in [4.78, 5) is 28.8. The molecule has 2 amide bonds. The van der Waals surface area contributed by atoms with Crippen molar-refractivity contribution in [2.24, 2.45) is 0 Å². The molecule has 0 bridgehead atoms. The topological polar surface area (TPSA) is 52.7 Å². The summed E-state index contributed by atoms with van der Waals surface area (Å²) < 4.78 is 12.9. The lowest BCUT2D eigenvalue weighted by Gasteiger charge is -2.34. The van der Waals surface area contributed by atoms with Crippen LogP contribution in [-0.4, -0.2) is 60.9 Å². The molecule has 1 aliphatic heterocycles. The number of nitrogens with zero attached hydrogens (tertiary/aromatic N) is 2. The van der Waals surface area contributed by atoms with Crippen molar-refractivity contribution in [2.45, 2.75) is 13.8 Å². The highest BCUT2D eigenvalue weighted by atomic mass is 19.1. The van der Waals surface area contributed by atoms with Crippen LogP contribution in [0.5, 0.6) is 0 Å². The Bertz CT molecular complexity index is 843. The molecule has 1 saturated heterocycles. The number of hydrogen-bond donors (Lipinski definition) is 1. The van der Waals surface area contributed by atoms with E-state index in [0.717, 1.165) is 30.8 Å². The first-order chi connectivity index (χ1) is 13.4. The van der Waals surface area contributed by atoms with Gasteiger partial charge in [0.1, 0.15) is 5.82 Å². The molecule has 3 rings (SSSR count). The summed E-state index contributed by atoms with van der Waals surface area (Å²) in [6.45, 7) is 8.21. The van der Waals surface area contributed by atoms with Gasteiger partial charge in [-0.15, -0.1) is 0 Å². The van der Waals surface area contributed by atoms with Gasteiger partial charge in [0.05, 0.1) is 0 Å². The van der Waals surface area contributed by atoms with Gasteiger partial charge in [0.15, 0.2) is 0 Å². The predicted octanol–water partition coefficient (Wildman–Crippen LogP) is 2.63. The fourth-order valence-electron chi connectivity index (χ4n) is 3.26. The quantitative estimate of drug-likeness (QED) is 0.864. The number of benzene rings is 2. The lowest BCUT2D eigenvalue weighted by molar-refractivity contribution is 0.0638. The fourth-order valence-corrected chi connectivity index (χ4v) is 3.26. The van der Waals surface area contributed by atoms with E-state index in [1.54, 1.807) is 0 Å². The van der Waals surface area contributed by atoms with Crippen molar-refractivity contribution in [2.75, 3.05) is 39.3 Å². The number of carbonyl (C=O) groups is 2. The van der Waals surface area contributed by atoms with Crippen molar-refractivity contribution in [1.29, 1.82) is 0 Å². The number of nitrogens with one attached hydrogen (secondary N) is 1. The number of piperazine rings is 1. The number of carbonyl (C=O) groups excluding carboxylic acids is 2. The largest absolute Gasteiger partial charge is 0.351 e. The van der Waals surface area contributed by atoms with E-state index < -0.39 is 0 Å². The van der Waals surface area contributed by atoms with Crippen molar-refractivity contribution < 1.29 is 14.0 Å². The summed E-state index contributed by atoms with van der Waals surface area (Å²) in [5.74, 6) is -0.485. The maximum absolute atomic E-state index is 12.9. The molecule has 0 aromatic heterocycles. The number of amides is 2. The molecule has 6 heteroatoms. The van der Waals surface area contributed by atoms with Crippen LogP contribution in [0.3, 0.4) is 0 Å². The Morgan fingerprint density at radius 2 is 1.57 bits per heavy atom. The Morgan fingerprint density at radius 3 is 2.21 bits per heavy atom. The molecule has 1 aliphatic rings. The zero-order chi connectivity index (χ0) is 20.1. The standard InChI is InChI=1S/C22H26FN3O2/c1-16-3-4-19(15-17(16)2)22(28)26-13-11-25(12-14-26)10-9-24-21(27)18-5-7-20(23)8-6-18/h3-8,15H,9-14H2,1-2H3,(H,24,27). The van der Waals surface area contributed by atoms with Crippen molar-refractivity contribution in [3.63, 3.8) is 0 Å². The van der Waals surface area contributed by atoms with Crippen LogP contribution < -0.4 is 5.32 Å². The minimum absolute atomic E-state index is 0.0763. The van der Waals surface area contributed by atoms with Crippen LogP contribution in [-0.2, 0) is 0 Å². The highest BCUT2D eigenvalue weighted by Crippen LogP contribution is 2.13. The third kappa shape index (κ3) is 4.95. The first kappa shape index (κ1) is 20.0. The van der Waals surface area contributed by atoms with Gasteiger partial charge in [-0.05, 0) is 61.4 Å². The van der Waals surface area contributed by atoms with Crippen LogP contribution in [0.25, 0.3) is 0 Å². The van der Waals surface area contributed by atoms with Crippen molar-refractivity contribution in [1.82, 2.24) is 15.1 Å². The molecule has 2 aromatic carbocycles. The number of rotatable bonds is 5. The Labute approximate surface area is 165 Å². The molecular formula is C22H26FN3O2. The first-order valence-electron chi connectivity index (χ1n) is 9.56. The third-order valence-corrected chi connectivity index (χ3v) is 5.23. The van der Waals surface area contributed by atoms with E-state index in [1.807, 2.05) is 36.9 Å². The molecule has 0 saturated carbocycles. The van der Waals surface area contributed by atoms with Gasteiger partial charge in [0, 0.05) is 50.4 Å². The molecular weight excluding hydrogens is 357 g/mol. The highest BCUT2D eigenvalue weighted by Gasteiger charge is 2.22. The second-order valence-corrected chi connectivity index (χ2v) is 7.20. The molecule has 1 fully saturated rings. The summed E-state index contributed by atoms with van der Waals surface area (Å²) >= 11 is 0. The molecule has 0 radical (unpaired) electrons. The molecule has 1 heterocycles. The summed E-state index contributed by atoms with van der Waals surface area (Å²) in [5.41, 5.74) is 3.50. The minimum Gasteiger partial charge on any atom is -0.351 e. The molecule has 1 N–H and O–H groups in total. The second-order valence-electron chi connectivity index (χ2n) is 7.20. The van der Waals surface area contributed by atoms with E-state index in [1.165, 1.54) is 29.8 Å². The molecule has 0 aliphatic carbocycles. The lowest BCUT2D eigenvalue weighted by Crippen LogP contribution is -2.50. The SMILES string of the molecule is Cc1ccc(C(=O)N2CCN(CCNC(=O)c3ccc(F)cc3)CC2)cc1C. The normalized spacial score (nSPS) is 14.8. The number of halogens is 1. The average molecular weight is 383 g/mol. The van der Waals surface area contributed by atoms with Gasteiger partial charge in [-0.2, -0.15) is 0 Å². The van der Waals surface area contributed by atoms with E-state index in [2.05, 4.69) is 10.2 Å². The van der Waals surface area contributed by atoms with Gasteiger partial charge in [0.25, 0.3) is 11.8 Å². The Balaban J connectivity index is 1.42. The van der Waals surface area contributed by atoms with Gasteiger partial charge in [0.2, 0.25) is 0 Å². The van der Waals surface area contributed by atoms with E-state index in [0.29, 0.717) is 25.2 Å². The van der Waals surface area contributed by atoms with Crippen molar-refractivity contribution in [3.05, 3.63) is 70.5 Å². The van der Waals surface area contributed by atoms with Crippen molar-refractivity contribution >= 4 is 11.8 Å². The van der Waals surface area contributed by atoms with Crippen LogP contribution >= 0.6 is 0 Å². The zero-order valence-corrected chi connectivity index (χ0v) is 16.4. The maximum Gasteiger partial charge on any atom is 0.253 e. The smallest absolute Gasteiger partial charge is 0.253 e. The third-order valence-electron chi connectivity index (χ3n) is 5.23. The molecule has 148 valence electrons. The summed E-state index contributed by atoms with van der Waals surface area (Å²) in [5, 5.41) is 2.85. The van der Waals surface area contributed by atoms with E-state index in [4.69, 9.17) is 0 Å². The number of hydrogen-bond acceptors (Lipinski definition) is 3. The van der Waals surface area contributed by atoms with Gasteiger partial charge >= 0.3 is 0 Å².